The average molecular weight is 264 g/mol. The van der Waals surface area contributed by atoms with Crippen LogP contribution in [0.4, 0.5) is 0 Å². The summed E-state index contributed by atoms with van der Waals surface area (Å²) in [5.41, 5.74) is 1.07. The van der Waals surface area contributed by atoms with E-state index >= 15 is 0 Å². The van der Waals surface area contributed by atoms with Crippen LogP contribution in [0.1, 0.15) is 41.3 Å². The molecule has 0 bridgehead atoms. The highest BCUT2D eigenvalue weighted by Crippen LogP contribution is 2.27. The molecule has 18 heavy (non-hydrogen) atoms. The van der Waals surface area contributed by atoms with Crippen molar-refractivity contribution in [2.45, 2.75) is 32.7 Å². The maximum atomic E-state index is 12.1. The second kappa shape index (κ2) is 4.89. The van der Waals surface area contributed by atoms with Crippen LogP contribution in [0.2, 0.25) is 0 Å². The molecule has 0 radical (unpaired) electrons. The summed E-state index contributed by atoms with van der Waals surface area (Å²) < 4.78 is 0. The van der Waals surface area contributed by atoms with Crippen LogP contribution >= 0.6 is 11.3 Å². The Bertz CT molecular complexity index is 534. The molecule has 0 aliphatic carbocycles. The highest BCUT2D eigenvalue weighted by Gasteiger charge is 2.30. The fraction of sp³-hybridized carbons (Fsp3) is 0.417. The van der Waals surface area contributed by atoms with Crippen LogP contribution in [-0.2, 0) is 5.54 Å². The van der Waals surface area contributed by atoms with Crippen LogP contribution in [0.3, 0.4) is 0 Å². The van der Waals surface area contributed by atoms with E-state index in [1.54, 1.807) is 17.5 Å². The number of thiazole rings is 1. The molecule has 5 nitrogen and oxygen atoms in total. The molecule has 1 unspecified atom stereocenters. The van der Waals surface area contributed by atoms with Crippen LogP contribution in [-0.4, -0.2) is 21.1 Å². The summed E-state index contributed by atoms with van der Waals surface area (Å²) in [6.07, 6.45) is 3.88. The molecule has 0 saturated carbocycles. The quantitative estimate of drug-likeness (QED) is 0.889. The number of H-pyrrole nitrogens is 1. The van der Waals surface area contributed by atoms with Gasteiger partial charge in [0.25, 0.3) is 5.91 Å². The number of aromatic nitrogens is 3. The minimum Gasteiger partial charge on any atom is -0.340 e. The SMILES string of the molecule is CCC(C)(NC(=O)c1cn[nH]c1)c1nc(C)cs1. The van der Waals surface area contributed by atoms with Crippen molar-refractivity contribution in [2.24, 2.45) is 0 Å². The Morgan fingerprint density at radius 3 is 2.89 bits per heavy atom. The largest absolute Gasteiger partial charge is 0.340 e. The third kappa shape index (κ3) is 2.43. The molecule has 2 aromatic rings. The average Bonchev–Trinajstić information content (AvgIpc) is 2.99. The fourth-order valence-electron chi connectivity index (χ4n) is 1.60. The molecule has 2 N–H and O–H groups in total. The standard InChI is InChI=1S/C12H16N4OS/c1-4-12(3,11-15-8(2)7-18-11)16-10(17)9-5-13-14-6-9/h5-7H,4H2,1-3H3,(H,13,14)(H,16,17). The summed E-state index contributed by atoms with van der Waals surface area (Å²) in [5.74, 6) is -0.138. The Morgan fingerprint density at radius 2 is 2.39 bits per heavy atom. The monoisotopic (exact) mass is 264 g/mol. The number of rotatable bonds is 4. The number of amides is 1. The van der Waals surface area contributed by atoms with Crippen molar-refractivity contribution >= 4 is 17.2 Å². The van der Waals surface area contributed by atoms with Gasteiger partial charge in [-0.2, -0.15) is 5.10 Å². The predicted octanol–water partition coefficient (Wildman–Crippen LogP) is 2.23. The number of carbonyl (C=O) groups is 1. The van der Waals surface area contributed by atoms with E-state index in [1.165, 1.54) is 6.20 Å². The summed E-state index contributed by atoms with van der Waals surface area (Å²) in [6.45, 7) is 5.98. The second-order valence-electron chi connectivity index (χ2n) is 4.42. The molecular weight excluding hydrogens is 248 g/mol. The van der Waals surface area contributed by atoms with E-state index in [0.29, 0.717) is 5.56 Å². The van der Waals surface area contributed by atoms with Gasteiger partial charge in [0, 0.05) is 17.3 Å². The summed E-state index contributed by atoms with van der Waals surface area (Å²) in [6, 6.07) is 0. The van der Waals surface area contributed by atoms with Gasteiger partial charge in [0.1, 0.15) is 5.01 Å². The van der Waals surface area contributed by atoms with Gasteiger partial charge in [-0.3, -0.25) is 9.89 Å². The molecule has 2 rings (SSSR count). The van der Waals surface area contributed by atoms with Gasteiger partial charge < -0.3 is 5.32 Å². The Kier molecular flexibility index (Phi) is 3.47. The summed E-state index contributed by atoms with van der Waals surface area (Å²) >= 11 is 1.57. The normalized spacial score (nSPS) is 14.2. The molecule has 6 heteroatoms. The van der Waals surface area contributed by atoms with Gasteiger partial charge >= 0.3 is 0 Å². The van der Waals surface area contributed by atoms with Gasteiger partial charge in [-0.1, -0.05) is 6.92 Å². The van der Waals surface area contributed by atoms with Crippen molar-refractivity contribution in [3.05, 3.63) is 34.0 Å². The number of aryl methyl sites for hydroxylation is 1. The highest BCUT2D eigenvalue weighted by molar-refractivity contribution is 7.09. The van der Waals surface area contributed by atoms with E-state index in [9.17, 15) is 4.79 Å². The smallest absolute Gasteiger partial charge is 0.255 e. The third-order valence-electron chi connectivity index (χ3n) is 2.95. The molecule has 2 heterocycles. The second-order valence-corrected chi connectivity index (χ2v) is 5.28. The minimum atomic E-state index is -0.437. The molecule has 2 aromatic heterocycles. The van der Waals surface area contributed by atoms with E-state index in [-0.39, 0.29) is 5.91 Å². The summed E-state index contributed by atoms with van der Waals surface area (Å²) in [5, 5.41) is 12.4. The zero-order chi connectivity index (χ0) is 13.2. The topological polar surface area (TPSA) is 70.7 Å². The predicted molar refractivity (Wildman–Crippen MR) is 70.5 cm³/mol. The van der Waals surface area contributed by atoms with E-state index in [2.05, 4.69) is 20.5 Å². The first-order valence-corrected chi connectivity index (χ1v) is 6.67. The zero-order valence-corrected chi connectivity index (χ0v) is 11.5. The summed E-state index contributed by atoms with van der Waals surface area (Å²) in [4.78, 5) is 16.5. The molecule has 0 aromatic carbocycles. The minimum absolute atomic E-state index is 0.138. The van der Waals surface area contributed by atoms with Crippen molar-refractivity contribution in [1.29, 1.82) is 0 Å². The van der Waals surface area contributed by atoms with E-state index < -0.39 is 5.54 Å². The lowest BCUT2D eigenvalue weighted by atomic mass is 9.99. The molecule has 0 aliphatic rings. The van der Waals surface area contributed by atoms with Gasteiger partial charge in [0.15, 0.2) is 0 Å². The molecule has 96 valence electrons. The van der Waals surface area contributed by atoms with Crippen molar-refractivity contribution < 1.29 is 4.79 Å². The van der Waals surface area contributed by atoms with Crippen molar-refractivity contribution in [2.75, 3.05) is 0 Å². The first-order chi connectivity index (χ1) is 8.55. The lowest BCUT2D eigenvalue weighted by molar-refractivity contribution is 0.0902. The van der Waals surface area contributed by atoms with Crippen LogP contribution in [0.15, 0.2) is 17.8 Å². The fourth-order valence-corrected chi connectivity index (χ4v) is 2.59. The molecule has 0 spiro atoms. The third-order valence-corrected chi connectivity index (χ3v) is 4.17. The molecule has 0 aliphatic heterocycles. The Morgan fingerprint density at radius 1 is 1.61 bits per heavy atom. The molecular formula is C12H16N4OS. The maximum absolute atomic E-state index is 12.1. The Hall–Kier alpha value is -1.69. The van der Waals surface area contributed by atoms with Crippen LogP contribution < -0.4 is 5.32 Å². The van der Waals surface area contributed by atoms with Gasteiger partial charge in [-0.05, 0) is 20.3 Å². The number of hydrogen-bond acceptors (Lipinski definition) is 4. The maximum Gasteiger partial charge on any atom is 0.255 e. The number of hydrogen-bond donors (Lipinski definition) is 2. The van der Waals surface area contributed by atoms with Gasteiger partial charge in [-0.15, -0.1) is 11.3 Å². The van der Waals surface area contributed by atoms with Crippen LogP contribution in [0.5, 0.6) is 0 Å². The van der Waals surface area contributed by atoms with Crippen molar-refractivity contribution in [1.82, 2.24) is 20.5 Å². The number of carbonyl (C=O) groups excluding carboxylic acids is 1. The van der Waals surface area contributed by atoms with Gasteiger partial charge in [-0.25, -0.2) is 4.98 Å². The first-order valence-electron chi connectivity index (χ1n) is 5.79. The molecule has 1 amide bonds. The number of nitrogens with zero attached hydrogens (tertiary/aromatic N) is 2. The number of nitrogens with one attached hydrogen (secondary N) is 2. The molecule has 0 saturated heterocycles. The lowest BCUT2D eigenvalue weighted by Gasteiger charge is -2.27. The molecule has 0 fully saturated rings. The zero-order valence-electron chi connectivity index (χ0n) is 10.7. The highest BCUT2D eigenvalue weighted by atomic mass is 32.1. The van der Waals surface area contributed by atoms with Gasteiger partial charge in [0.2, 0.25) is 0 Å². The lowest BCUT2D eigenvalue weighted by Crippen LogP contribution is -2.42. The van der Waals surface area contributed by atoms with Gasteiger partial charge in [0.05, 0.1) is 17.3 Å². The van der Waals surface area contributed by atoms with Crippen molar-refractivity contribution in [3.8, 4) is 0 Å². The first kappa shape index (κ1) is 12.8. The van der Waals surface area contributed by atoms with Crippen LogP contribution in [0.25, 0.3) is 0 Å². The summed E-state index contributed by atoms with van der Waals surface area (Å²) in [7, 11) is 0. The van der Waals surface area contributed by atoms with Crippen molar-refractivity contribution in [3.63, 3.8) is 0 Å². The van der Waals surface area contributed by atoms with E-state index in [4.69, 9.17) is 0 Å². The molecule has 1 atom stereocenters. The number of aromatic amines is 1. The Balaban J connectivity index is 2.21. The van der Waals surface area contributed by atoms with E-state index in [0.717, 1.165) is 17.1 Å². The van der Waals surface area contributed by atoms with Crippen LogP contribution in [0, 0.1) is 6.92 Å². The Labute approximate surface area is 110 Å². The van der Waals surface area contributed by atoms with E-state index in [1.807, 2.05) is 26.2 Å².